The third-order valence-electron chi connectivity index (χ3n) is 2.80. The van der Waals surface area contributed by atoms with Crippen LogP contribution >= 0.6 is 11.6 Å². The van der Waals surface area contributed by atoms with Crippen LogP contribution in [0.1, 0.15) is 12.7 Å². The maximum Gasteiger partial charge on any atom is 0.347 e. The second-order valence-electron chi connectivity index (χ2n) is 4.02. The molecule has 0 aliphatic carbocycles. The molecule has 1 unspecified atom stereocenters. The predicted molar refractivity (Wildman–Crippen MR) is 65.9 cm³/mol. The van der Waals surface area contributed by atoms with Crippen LogP contribution in [0.3, 0.4) is 0 Å². The maximum atomic E-state index is 12.8. The Bertz CT molecular complexity index is 550. The van der Waals surface area contributed by atoms with Crippen LogP contribution in [0.25, 0.3) is 11.0 Å². The zero-order valence-electron chi connectivity index (χ0n) is 9.78. The van der Waals surface area contributed by atoms with E-state index in [1.54, 1.807) is 10.6 Å². The summed E-state index contributed by atoms with van der Waals surface area (Å²) in [6.45, 7) is 2.49. The van der Waals surface area contributed by atoms with Gasteiger partial charge in [0.1, 0.15) is 11.9 Å². The molecule has 0 amide bonds. The highest BCUT2D eigenvalue weighted by molar-refractivity contribution is 6.22. The van der Waals surface area contributed by atoms with Crippen molar-refractivity contribution in [2.75, 3.05) is 0 Å². The van der Waals surface area contributed by atoms with Gasteiger partial charge in [0, 0.05) is 13.0 Å². The van der Waals surface area contributed by atoms with Gasteiger partial charge in [0.2, 0.25) is 0 Å². The second-order valence-corrected chi connectivity index (χ2v) is 4.53. The highest BCUT2D eigenvalue weighted by atomic mass is 35.5. The Kier molecular flexibility index (Phi) is 3.54. The Hall–Kier alpha value is -1.20. The molecular formula is C12H13ClF2N2O. The monoisotopic (exact) mass is 274 g/mol. The van der Waals surface area contributed by atoms with Crippen molar-refractivity contribution in [3.05, 3.63) is 30.1 Å². The Labute approximate surface area is 108 Å². The molecule has 0 saturated carbocycles. The van der Waals surface area contributed by atoms with Gasteiger partial charge in [0.05, 0.1) is 11.0 Å². The number of benzene rings is 1. The van der Waals surface area contributed by atoms with E-state index in [9.17, 15) is 13.9 Å². The number of rotatable bonds is 4. The number of nitrogens with zero attached hydrogens (tertiary/aromatic N) is 2. The Morgan fingerprint density at radius 2 is 2.11 bits per heavy atom. The van der Waals surface area contributed by atoms with Gasteiger partial charge < -0.3 is 9.67 Å². The first-order chi connectivity index (χ1) is 8.43. The zero-order chi connectivity index (χ0) is 13.3. The molecule has 1 aromatic heterocycles. The average Bonchev–Trinajstić information content (AvgIpc) is 2.64. The molecule has 0 fully saturated rings. The van der Waals surface area contributed by atoms with Gasteiger partial charge in [-0.05, 0) is 30.7 Å². The van der Waals surface area contributed by atoms with Crippen molar-refractivity contribution in [1.29, 1.82) is 0 Å². The van der Waals surface area contributed by atoms with Crippen molar-refractivity contribution in [2.45, 2.75) is 31.4 Å². The summed E-state index contributed by atoms with van der Waals surface area (Å²) < 4.78 is 27.3. The molecule has 98 valence electrons. The van der Waals surface area contributed by atoms with Gasteiger partial charge in [-0.3, -0.25) is 0 Å². The van der Waals surface area contributed by atoms with Crippen molar-refractivity contribution >= 4 is 22.6 Å². The number of aliphatic hydroxyl groups is 1. The molecule has 0 bridgehead atoms. The van der Waals surface area contributed by atoms with Crippen molar-refractivity contribution in [1.82, 2.24) is 9.55 Å². The summed E-state index contributed by atoms with van der Waals surface area (Å²) in [6.07, 6.45) is -2.22. The van der Waals surface area contributed by atoms with E-state index < -0.39 is 11.5 Å². The van der Waals surface area contributed by atoms with E-state index in [0.29, 0.717) is 12.4 Å². The molecule has 6 heteroatoms. The molecule has 0 aliphatic rings. The van der Waals surface area contributed by atoms with Crippen LogP contribution < -0.4 is 0 Å². The number of halogens is 3. The van der Waals surface area contributed by atoms with Gasteiger partial charge >= 0.3 is 5.38 Å². The third-order valence-corrected chi connectivity index (χ3v) is 3.06. The molecule has 1 atom stereocenters. The number of alkyl halides is 3. The first-order valence-corrected chi connectivity index (χ1v) is 6.00. The lowest BCUT2D eigenvalue weighted by molar-refractivity contribution is -0.0409. The highest BCUT2D eigenvalue weighted by Crippen LogP contribution is 2.27. The van der Waals surface area contributed by atoms with Gasteiger partial charge in [-0.2, -0.15) is 8.78 Å². The largest absolute Gasteiger partial charge is 0.385 e. The van der Waals surface area contributed by atoms with E-state index in [0.717, 1.165) is 11.0 Å². The van der Waals surface area contributed by atoms with Crippen molar-refractivity contribution in [2.24, 2.45) is 0 Å². The molecule has 0 saturated heterocycles. The molecule has 0 spiro atoms. The molecule has 18 heavy (non-hydrogen) atoms. The number of imidazole rings is 1. The topological polar surface area (TPSA) is 38.0 Å². The Morgan fingerprint density at radius 3 is 2.72 bits per heavy atom. The van der Waals surface area contributed by atoms with Crippen LogP contribution in [0, 0.1) is 0 Å². The van der Waals surface area contributed by atoms with Crippen LogP contribution in [0.4, 0.5) is 8.78 Å². The molecule has 3 nitrogen and oxygen atoms in total. The molecule has 2 aromatic rings. The summed E-state index contributed by atoms with van der Waals surface area (Å²) in [6, 6.07) is 7.34. The average molecular weight is 275 g/mol. The standard InChI is InChI=1S/C12H13ClF2N2O/c1-2-17-9-6-4-3-5-8(9)16-11(17)7-10(18)12(13,14)15/h3-6,10,18H,2,7H2,1H3. The number of aliphatic hydroxyl groups excluding tert-OH is 1. The van der Waals surface area contributed by atoms with E-state index in [4.69, 9.17) is 11.6 Å². The quantitative estimate of drug-likeness (QED) is 0.871. The fourth-order valence-corrected chi connectivity index (χ4v) is 2.00. The number of para-hydroxylation sites is 2. The van der Waals surface area contributed by atoms with E-state index >= 15 is 0 Å². The number of hydrogen-bond acceptors (Lipinski definition) is 2. The van der Waals surface area contributed by atoms with Gasteiger partial charge in [0.15, 0.2) is 0 Å². The molecule has 1 N–H and O–H groups in total. The normalized spacial score (nSPS) is 14.1. The lowest BCUT2D eigenvalue weighted by Gasteiger charge is -2.16. The maximum absolute atomic E-state index is 12.8. The summed E-state index contributed by atoms with van der Waals surface area (Å²) in [7, 11) is 0. The van der Waals surface area contributed by atoms with Gasteiger partial charge in [-0.15, -0.1) is 0 Å². The van der Waals surface area contributed by atoms with E-state index in [2.05, 4.69) is 4.98 Å². The van der Waals surface area contributed by atoms with Crippen LogP contribution in [-0.2, 0) is 13.0 Å². The summed E-state index contributed by atoms with van der Waals surface area (Å²) in [4.78, 5) is 4.25. The summed E-state index contributed by atoms with van der Waals surface area (Å²) in [5.41, 5.74) is 1.58. The first kappa shape index (κ1) is 13.2. The minimum absolute atomic E-state index is 0.279. The Balaban J connectivity index is 2.39. The van der Waals surface area contributed by atoms with Crippen molar-refractivity contribution < 1.29 is 13.9 Å². The van der Waals surface area contributed by atoms with Gasteiger partial charge in [0.25, 0.3) is 0 Å². The van der Waals surface area contributed by atoms with Crippen LogP contribution in [0.15, 0.2) is 24.3 Å². The molecule has 0 aliphatic heterocycles. The fraction of sp³-hybridized carbons (Fsp3) is 0.417. The number of hydrogen-bond donors (Lipinski definition) is 1. The van der Waals surface area contributed by atoms with E-state index in [1.807, 2.05) is 25.1 Å². The number of aromatic nitrogens is 2. The lowest BCUT2D eigenvalue weighted by atomic mass is 10.2. The zero-order valence-corrected chi connectivity index (χ0v) is 10.5. The van der Waals surface area contributed by atoms with Gasteiger partial charge in [-0.25, -0.2) is 4.98 Å². The molecule has 0 radical (unpaired) electrons. The second kappa shape index (κ2) is 4.82. The van der Waals surface area contributed by atoms with Crippen molar-refractivity contribution in [3.8, 4) is 0 Å². The minimum Gasteiger partial charge on any atom is -0.385 e. The predicted octanol–water partition coefficient (Wildman–Crippen LogP) is 2.79. The van der Waals surface area contributed by atoms with Crippen LogP contribution in [0.2, 0.25) is 0 Å². The minimum atomic E-state index is -3.64. The first-order valence-electron chi connectivity index (χ1n) is 5.62. The Morgan fingerprint density at radius 1 is 1.44 bits per heavy atom. The molecule has 2 rings (SSSR count). The smallest absolute Gasteiger partial charge is 0.347 e. The SMILES string of the molecule is CCn1c(CC(O)C(F)(F)Cl)nc2ccccc21. The molecular weight excluding hydrogens is 262 g/mol. The third kappa shape index (κ3) is 2.47. The van der Waals surface area contributed by atoms with E-state index in [1.165, 1.54) is 0 Å². The van der Waals surface area contributed by atoms with Gasteiger partial charge in [-0.1, -0.05) is 12.1 Å². The fourth-order valence-electron chi connectivity index (χ4n) is 1.92. The molecule has 1 heterocycles. The lowest BCUT2D eigenvalue weighted by Crippen LogP contribution is -2.30. The van der Waals surface area contributed by atoms with Crippen molar-refractivity contribution in [3.63, 3.8) is 0 Å². The highest BCUT2D eigenvalue weighted by Gasteiger charge is 2.36. The van der Waals surface area contributed by atoms with Crippen LogP contribution in [0.5, 0.6) is 0 Å². The summed E-state index contributed by atoms with van der Waals surface area (Å²) in [5, 5.41) is 5.71. The van der Waals surface area contributed by atoms with E-state index in [-0.39, 0.29) is 6.42 Å². The number of fused-ring (bicyclic) bond motifs is 1. The van der Waals surface area contributed by atoms with Crippen LogP contribution in [-0.4, -0.2) is 26.1 Å². The summed E-state index contributed by atoms with van der Waals surface area (Å²) >= 11 is 4.81. The molecule has 1 aromatic carbocycles. The summed E-state index contributed by atoms with van der Waals surface area (Å²) in [5.74, 6) is 0.409. The number of aryl methyl sites for hydroxylation is 1.